The van der Waals surface area contributed by atoms with Gasteiger partial charge in [0, 0.05) is 6.42 Å². The third-order valence-corrected chi connectivity index (χ3v) is 18.1. The summed E-state index contributed by atoms with van der Waals surface area (Å²) < 4.78 is 23.9. The zero-order valence-corrected chi connectivity index (χ0v) is 55.3. The number of carbonyl (C=O) groups is 1. The summed E-state index contributed by atoms with van der Waals surface area (Å²) >= 11 is 0. The zero-order chi connectivity index (χ0) is 57.7. The van der Waals surface area contributed by atoms with Crippen molar-refractivity contribution >= 4 is 13.7 Å². The SMILES string of the molecule is CCCCCCCCCCCCCCCCCCCCCCCCCCCCCCCCCCCCC(=O)NC(COP(=O)(O)OCC[N+](C)(C)C)C(O)CCCCCCCCCCCCCCCCCCCCCCCCC. The van der Waals surface area contributed by atoms with Crippen molar-refractivity contribution in [3.8, 4) is 0 Å². The number of phosphoric ester groups is 1. The Kier molecular flexibility index (Phi) is 61.7. The number of hydrogen-bond acceptors (Lipinski definition) is 5. The van der Waals surface area contributed by atoms with E-state index in [1.807, 2.05) is 21.1 Å². The summed E-state index contributed by atoms with van der Waals surface area (Å²) in [6, 6.07) is -0.757. The molecule has 3 N–H and O–H groups in total. The number of nitrogens with zero attached hydrogens (tertiary/aromatic N) is 1. The molecule has 0 aliphatic rings. The van der Waals surface area contributed by atoms with E-state index in [0.29, 0.717) is 23.9 Å². The van der Waals surface area contributed by atoms with Gasteiger partial charge in [0.05, 0.1) is 39.9 Å². The molecule has 3 unspecified atom stereocenters. The van der Waals surface area contributed by atoms with Crippen LogP contribution < -0.4 is 5.32 Å². The van der Waals surface area contributed by atoms with Crippen LogP contribution in [0.5, 0.6) is 0 Å². The monoisotopic (exact) mass is 1140 g/mol. The highest BCUT2D eigenvalue weighted by Crippen LogP contribution is 2.43. The van der Waals surface area contributed by atoms with Gasteiger partial charge in [-0.15, -0.1) is 0 Å². The number of aliphatic hydroxyl groups excluding tert-OH is 1. The van der Waals surface area contributed by atoms with Gasteiger partial charge in [0.2, 0.25) is 5.91 Å². The summed E-state index contributed by atoms with van der Waals surface area (Å²) in [5.74, 6) is -0.133. The van der Waals surface area contributed by atoms with Crippen molar-refractivity contribution in [2.75, 3.05) is 40.9 Å². The van der Waals surface area contributed by atoms with Crippen LogP contribution in [0.25, 0.3) is 0 Å². The lowest BCUT2D eigenvalue weighted by atomic mass is 10.0. The van der Waals surface area contributed by atoms with E-state index in [2.05, 4.69) is 19.2 Å². The fraction of sp³-hybridized carbons (Fsp3) is 0.986. The van der Waals surface area contributed by atoms with Crippen molar-refractivity contribution in [1.82, 2.24) is 5.32 Å². The molecule has 1 amide bonds. The number of carbonyl (C=O) groups excluding carboxylic acids is 1. The van der Waals surface area contributed by atoms with E-state index in [4.69, 9.17) is 9.05 Å². The molecule has 0 aromatic heterocycles. The minimum atomic E-state index is -4.32. The Hall–Kier alpha value is -0.500. The number of phosphoric acid groups is 1. The molecule has 0 heterocycles. The Balaban J connectivity index is 3.93. The molecule has 0 radical (unpaired) electrons. The van der Waals surface area contributed by atoms with Gasteiger partial charge < -0.3 is 19.8 Å². The molecule has 0 saturated carbocycles. The number of amides is 1. The number of likely N-dealkylation sites (N-methyl/N-ethyl adjacent to an activating group) is 1. The van der Waals surface area contributed by atoms with Crippen molar-refractivity contribution in [3.05, 3.63) is 0 Å². The van der Waals surface area contributed by atoms with Crippen LogP contribution in [0, 0.1) is 0 Å². The second-order valence-corrected chi connectivity index (χ2v) is 27.8. The molecule has 9 heteroatoms. The Morgan fingerprint density at radius 1 is 0.380 bits per heavy atom. The van der Waals surface area contributed by atoms with Gasteiger partial charge in [-0.1, -0.05) is 373 Å². The van der Waals surface area contributed by atoms with E-state index >= 15 is 0 Å². The lowest BCUT2D eigenvalue weighted by Crippen LogP contribution is -2.46. The predicted octanol–water partition coefficient (Wildman–Crippen LogP) is 22.7. The standard InChI is InChI=1S/C70H143N2O6P/c1-6-8-10-12-14-16-18-20-22-24-26-28-30-31-32-33-34-35-36-37-38-39-40-42-44-46-48-50-52-54-56-58-60-62-64-70(74)71-68(67-78-79(75,76)77-66-65-72(3,4)5)69(73)63-61-59-57-55-53-51-49-47-45-43-41-29-27-25-23-21-19-17-15-13-11-9-7-2/h68-69,73H,6-67H2,1-5H3,(H-,71,74,75,76)/p+1. The van der Waals surface area contributed by atoms with E-state index in [1.54, 1.807) is 0 Å². The second-order valence-electron chi connectivity index (χ2n) is 26.3. The summed E-state index contributed by atoms with van der Waals surface area (Å²) in [5.41, 5.74) is 0. The van der Waals surface area contributed by atoms with Gasteiger partial charge in [-0.2, -0.15) is 0 Å². The maximum atomic E-state index is 13.1. The molecule has 0 bridgehead atoms. The van der Waals surface area contributed by atoms with E-state index in [0.717, 1.165) is 38.5 Å². The van der Waals surface area contributed by atoms with Gasteiger partial charge in [-0.25, -0.2) is 4.57 Å². The van der Waals surface area contributed by atoms with Crippen molar-refractivity contribution in [1.29, 1.82) is 0 Å². The lowest BCUT2D eigenvalue weighted by Gasteiger charge is -2.26. The molecule has 0 aliphatic carbocycles. The van der Waals surface area contributed by atoms with E-state index < -0.39 is 20.0 Å². The number of rotatable bonds is 68. The number of hydrogen-bond donors (Lipinski definition) is 3. The first-order valence-corrected chi connectivity index (χ1v) is 37.4. The van der Waals surface area contributed by atoms with Gasteiger partial charge in [-0.3, -0.25) is 13.8 Å². The molecule has 79 heavy (non-hydrogen) atoms. The molecule has 0 rings (SSSR count). The van der Waals surface area contributed by atoms with Crippen LogP contribution in [0.1, 0.15) is 393 Å². The smallest absolute Gasteiger partial charge is 0.391 e. The van der Waals surface area contributed by atoms with E-state index in [1.165, 1.54) is 327 Å². The second kappa shape index (κ2) is 62.0. The quantitative estimate of drug-likeness (QED) is 0.0318. The highest BCUT2D eigenvalue weighted by atomic mass is 31.2. The first kappa shape index (κ1) is 78.5. The minimum Gasteiger partial charge on any atom is -0.391 e. The third kappa shape index (κ3) is 64.9. The van der Waals surface area contributed by atoms with Gasteiger partial charge in [-0.05, 0) is 12.8 Å². The number of unbranched alkanes of at least 4 members (excludes halogenated alkanes) is 55. The molecule has 0 aliphatic heterocycles. The summed E-state index contributed by atoms with van der Waals surface area (Å²) in [6.45, 7) is 4.97. The third-order valence-electron chi connectivity index (χ3n) is 17.1. The molecule has 0 fully saturated rings. The molecule has 0 aromatic rings. The first-order valence-electron chi connectivity index (χ1n) is 35.9. The fourth-order valence-corrected chi connectivity index (χ4v) is 12.3. The minimum absolute atomic E-state index is 0.0795. The van der Waals surface area contributed by atoms with Gasteiger partial charge in [0.15, 0.2) is 0 Å². The number of quaternary nitrogens is 1. The van der Waals surface area contributed by atoms with Crippen LogP contribution in [0.15, 0.2) is 0 Å². The molecule has 474 valence electrons. The van der Waals surface area contributed by atoms with Crippen molar-refractivity contribution in [3.63, 3.8) is 0 Å². The van der Waals surface area contributed by atoms with Crippen LogP contribution >= 0.6 is 7.82 Å². The lowest BCUT2D eigenvalue weighted by molar-refractivity contribution is -0.870. The Bertz CT molecular complexity index is 1250. The summed E-state index contributed by atoms with van der Waals surface area (Å²) in [5, 5.41) is 14.2. The average Bonchev–Trinajstić information content (AvgIpc) is 3.42. The molecule has 3 atom stereocenters. The predicted molar refractivity (Wildman–Crippen MR) is 346 cm³/mol. The van der Waals surface area contributed by atoms with Crippen molar-refractivity contribution in [2.24, 2.45) is 0 Å². The van der Waals surface area contributed by atoms with E-state index in [9.17, 15) is 19.4 Å². The van der Waals surface area contributed by atoms with E-state index in [-0.39, 0.29) is 19.1 Å². The average molecular weight is 1140 g/mol. The highest BCUT2D eigenvalue weighted by molar-refractivity contribution is 7.47. The summed E-state index contributed by atoms with van der Waals surface area (Å²) in [6.07, 6.45) is 77.9. The summed E-state index contributed by atoms with van der Waals surface area (Å²) in [7, 11) is 1.64. The maximum Gasteiger partial charge on any atom is 0.472 e. The normalized spacial score (nSPS) is 13.6. The van der Waals surface area contributed by atoms with Gasteiger partial charge >= 0.3 is 7.82 Å². The molecular formula is C70H144N2O6P+. The highest BCUT2D eigenvalue weighted by Gasteiger charge is 2.28. The van der Waals surface area contributed by atoms with Gasteiger partial charge in [0.1, 0.15) is 13.2 Å². The fourth-order valence-electron chi connectivity index (χ4n) is 11.5. The summed E-state index contributed by atoms with van der Waals surface area (Å²) in [4.78, 5) is 23.5. The van der Waals surface area contributed by atoms with Crippen molar-refractivity contribution < 1.29 is 32.9 Å². The Morgan fingerprint density at radius 3 is 0.848 bits per heavy atom. The zero-order valence-electron chi connectivity index (χ0n) is 54.4. The molecule has 0 aromatic carbocycles. The first-order chi connectivity index (χ1) is 38.5. The van der Waals surface area contributed by atoms with Crippen LogP contribution in [-0.4, -0.2) is 73.4 Å². The van der Waals surface area contributed by atoms with Crippen molar-refractivity contribution in [2.45, 2.75) is 405 Å². The van der Waals surface area contributed by atoms with Crippen LogP contribution in [0.4, 0.5) is 0 Å². The topological polar surface area (TPSA) is 105 Å². The van der Waals surface area contributed by atoms with Crippen LogP contribution in [0.2, 0.25) is 0 Å². The number of aliphatic hydroxyl groups is 1. The number of nitrogens with one attached hydrogen (secondary N) is 1. The molecule has 0 saturated heterocycles. The van der Waals surface area contributed by atoms with Crippen LogP contribution in [-0.2, 0) is 18.4 Å². The Labute approximate surface area is 495 Å². The molecule has 8 nitrogen and oxygen atoms in total. The largest absolute Gasteiger partial charge is 0.472 e. The maximum absolute atomic E-state index is 13.1. The Morgan fingerprint density at radius 2 is 0.608 bits per heavy atom. The molecule has 0 spiro atoms. The van der Waals surface area contributed by atoms with Crippen LogP contribution in [0.3, 0.4) is 0 Å². The molecular weight excluding hydrogens is 996 g/mol. The van der Waals surface area contributed by atoms with Gasteiger partial charge in [0.25, 0.3) is 0 Å².